The van der Waals surface area contributed by atoms with Gasteiger partial charge in [0.1, 0.15) is 23.9 Å². The maximum Gasteiger partial charge on any atom is 0.319 e. The highest BCUT2D eigenvalue weighted by molar-refractivity contribution is 5.94. The lowest BCUT2D eigenvalue weighted by molar-refractivity contribution is -0.0439. The zero-order valence-electron chi connectivity index (χ0n) is 22.2. The van der Waals surface area contributed by atoms with Gasteiger partial charge in [-0.15, -0.1) is 0 Å². The van der Waals surface area contributed by atoms with Crippen LogP contribution in [0.5, 0.6) is 11.8 Å². The minimum Gasteiger partial charge on any atom is -0.490 e. The number of rotatable bonds is 10. The van der Waals surface area contributed by atoms with E-state index >= 15 is 0 Å². The molecule has 1 aliphatic heterocycles. The summed E-state index contributed by atoms with van der Waals surface area (Å²) in [5.41, 5.74) is 1.93. The molecule has 2 bridgehead atoms. The van der Waals surface area contributed by atoms with Crippen LogP contribution in [0.3, 0.4) is 0 Å². The van der Waals surface area contributed by atoms with Crippen LogP contribution in [-0.2, 0) is 0 Å². The number of aromatic nitrogens is 5. The van der Waals surface area contributed by atoms with E-state index in [-0.39, 0.29) is 48.4 Å². The average molecular weight is 545 g/mol. The number of nitrogens with zero attached hydrogens (tertiary/aromatic N) is 6. The third kappa shape index (κ3) is 4.68. The second-order valence-electron chi connectivity index (χ2n) is 11.7. The molecule has 0 spiro atoms. The van der Waals surface area contributed by atoms with Gasteiger partial charge >= 0.3 is 6.01 Å². The molecule has 1 amide bonds. The van der Waals surface area contributed by atoms with Gasteiger partial charge in [0.15, 0.2) is 5.65 Å². The van der Waals surface area contributed by atoms with E-state index in [2.05, 4.69) is 41.4 Å². The lowest BCUT2D eigenvalue weighted by atomic mass is 9.50. The molecule has 3 aromatic heterocycles. The summed E-state index contributed by atoms with van der Waals surface area (Å²) in [6, 6.07) is 6.15. The number of hydrogen-bond donors (Lipinski definition) is 3. The molecule has 12 heteroatoms. The average Bonchev–Trinajstić information content (AvgIpc) is 3.59. The van der Waals surface area contributed by atoms with Crippen molar-refractivity contribution in [2.45, 2.75) is 50.0 Å². The predicted molar refractivity (Wildman–Crippen MR) is 143 cm³/mol. The molecule has 8 rings (SSSR count). The second-order valence-corrected chi connectivity index (χ2v) is 11.7. The second kappa shape index (κ2) is 9.89. The molecule has 3 N–H and O–H groups in total. The number of ether oxygens (including phenoxy) is 2. The number of aromatic amines is 1. The van der Waals surface area contributed by atoms with Crippen molar-refractivity contribution in [1.82, 2.24) is 30.5 Å². The Morgan fingerprint density at radius 2 is 2.05 bits per heavy atom. The fraction of sp³-hybridized carbons (Fsp3) is 0.571. The summed E-state index contributed by atoms with van der Waals surface area (Å²) in [4.78, 5) is 28.9. The van der Waals surface area contributed by atoms with Crippen LogP contribution in [-0.4, -0.2) is 74.6 Å². The molecule has 40 heavy (non-hydrogen) atoms. The van der Waals surface area contributed by atoms with Gasteiger partial charge in [-0.25, -0.2) is 4.98 Å². The monoisotopic (exact) mass is 544 g/mol. The van der Waals surface area contributed by atoms with E-state index in [0.29, 0.717) is 29.5 Å². The van der Waals surface area contributed by atoms with Crippen LogP contribution in [0.1, 0.15) is 60.6 Å². The van der Waals surface area contributed by atoms with E-state index in [9.17, 15) is 4.79 Å². The maximum atomic E-state index is 13.2. The molecule has 0 aromatic carbocycles. The molecule has 5 fully saturated rings. The number of H-pyrrole nitrogens is 1. The van der Waals surface area contributed by atoms with Crippen LogP contribution < -0.4 is 19.7 Å². The van der Waals surface area contributed by atoms with E-state index in [1.165, 1.54) is 0 Å². The number of amides is 1. The molecule has 1 saturated heterocycles. The van der Waals surface area contributed by atoms with Gasteiger partial charge in [0, 0.05) is 47.6 Å². The van der Waals surface area contributed by atoms with Gasteiger partial charge in [0.05, 0.1) is 31.4 Å². The number of aliphatic hydroxyl groups excluding tert-OH is 1. The van der Waals surface area contributed by atoms with Crippen molar-refractivity contribution >= 4 is 22.8 Å². The van der Waals surface area contributed by atoms with Crippen molar-refractivity contribution in [2.75, 3.05) is 37.8 Å². The van der Waals surface area contributed by atoms with Crippen molar-refractivity contribution in [2.24, 2.45) is 17.8 Å². The topological polar surface area (TPSA) is 162 Å². The molecule has 4 aliphatic carbocycles. The summed E-state index contributed by atoms with van der Waals surface area (Å²) in [6.07, 6.45) is 7.32. The molecule has 12 nitrogen and oxygen atoms in total. The van der Waals surface area contributed by atoms with E-state index in [1.807, 2.05) is 6.07 Å². The highest BCUT2D eigenvalue weighted by Crippen LogP contribution is 2.57. The smallest absolute Gasteiger partial charge is 0.319 e. The first-order chi connectivity index (χ1) is 19.5. The molecule has 3 aromatic rings. The highest BCUT2D eigenvalue weighted by atomic mass is 16.5. The van der Waals surface area contributed by atoms with Gasteiger partial charge in [0.2, 0.25) is 0 Å². The van der Waals surface area contributed by atoms with E-state index < -0.39 is 0 Å². The summed E-state index contributed by atoms with van der Waals surface area (Å²) in [7, 11) is 0. The number of hydrogen-bond acceptors (Lipinski definition) is 10. The standard InChI is InChI=1S/C28H32N8O4/c29-13-18-7-19(18)15-40-27-31-22(26(38)33-28-10-16(11-28)12-28)9-23(32-27)36-3-1-17(2-4-36)24-21-8-20(39-6-5-37)14-30-25(21)35-34-24/h8-9,14,16-19,37H,1-7,10-12,15H2,(H,33,38)(H,30,34,35)/t16?,18-,19+,28?/m0/s1. The Kier molecular flexibility index (Phi) is 6.19. The van der Waals surface area contributed by atoms with Crippen LogP contribution in [0.2, 0.25) is 0 Å². The zero-order valence-corrected chi connectivity index (χ0v) is 22.2. The van der Waals surface area contributed by atoms with Gasteiger partial charge in [-0.05, 0) is 50.5 Å². The van der Waals surface area contributed by atoms with E-state index in [4.69, 9.17) is 19.8 Å². The molecule has 2 atom stereocenters. The van der Waals surface area contributed by atoms with Gasteiger partial charge in [-0.2, -0.15) is 20.3 Å². The number of nitrogens with one attached hydrogen (secondary N) is 2. The molecular formula is C28H32N8O4. The van der Waals surface area contributed by atoms with Crippen molar-refractivity contribution in [3.05, 3.63) is 29.7 Å². The summed E-state index contributed by atoms with van der Waals surface area (Å²) < 4.78 is 11.5. The number of fused-ring (bicyclic) bond motifs is 1. The summed E-state index contributed by atoms with van der Waals surface area (Å²) in [5.74, 6) is 2.33. The summed E-state index contributed by atoms with van der Waals surface area (Å²) in [5, 5.41) is 29.9. The zero-order chi connectivity index (χ0) is 27.3. The number of piperidine rings is 1. The molecule has 0 radical (unpaired) electrons. The van der Waals surface area contributed by atoms with Crippen LogP contribution in [0.15, 0.2) is 18.3 Å². The Hall–Kier alpha value is -3.98. The third-order valence-corrected chi connectivity index (χ3v) is 8.86. The number of anilines is 1. The SMILES string of the molecule is N#C[C@@H]1C[C@@H]1COc1nc(C(=O)NC23CC(C2)C3)cc(N2CCC(c3[nH]nc4ncc(OCCO)cc34)CC2)n1. The van der Waals surface area contributed by atoms with Crippen molar-refractivity contribution < 1.29 is 19.4 Å². The minimum atomic E-state index is -0.182. The fourth-order valence-corrected chi connectivity index (χ4v) is 6.31. The predicted octanol–water partition coefficient (Wildman–Crippen LogP) is 2.32. The first-order valence-electron chi connectivity index (χ1n) is 14.1. The van der Waals surface area contributed by atoms with Gasteiger partial charge in [-0.3, -0.25) is 9.89 Å². The van der Waals surface area contributed by atoms with E-state index in [1.54, 1.807) is 12.3 Å². The van der Waals surface area contributed by atoms with Crippen LogP contribution in [0.4, 0.5) is 5.82 Å². The van der Waals surface area contributed by atoms with Crippen LogP contribution >= 0.6 is 0 Å². The van der Waals surface area contributed by atoms with Gasteiger partial charge in [0.25, 0.3) is 5.91 Å². The third-order valence-electron chi connectivity index (χ3n) is 8.86. The fourth-order valence-electron chi connectivity index (χ4n) is 6.31. The molecule has 4 heterocycles. The quantitative estimate of drug-likeness (QED) is 0.345. The largest absolute Gasteiger partial charge is 0.490 e. The normalized spacial score (nSPS) is 26.9. The molecule has 4 saturated carbocycles. The number of carbonyl (C=O) groups is 1. The van der Waals surface area contributed by atoms with Gasteiger partial charge in [-0.1, -0.05) is 0 Å². The molecular weight excluding hydrogens is 512 g/mol. The Labute approximate surface area is 231 Å². The van der Waals surface area contributed by atoms with Crippen molar-refractivity contribution in [3.63, 3.8) is 0 Å². The summed E-state index contributed by atoms with van der Waals surface area (Å²) in [6.45, 7) is 2.01. The lowest BCUT2D eigenvalue weighted by Crippen LogP contribution is -2.68. The Bertz CT molecular complexity index is 1460. The number of aliphatic hydroxyl groups is 1. The Balaban J connectivity index is 1.07. The molecule has 5 aliphatic rings. The molecule has 208 valence electrons. The van der Waals surface area contributed by atoms with Crippen LogP contribution in [0, 0.1) is 29.1 Å². The van der Waals surface area contributed by atoms with Gasteiger partial charge < -0.3 is 24.8 Å². The number of nitriles is 1. The molecule has 0 unspecified atom stereocenters. The lowest BCUT2D eigenvalue weighted by Gasteiger charge is -2.61. The first-order valence-corrected chi connectivity index (χ1v) is 14.1. The highest BCUT2D eigenvalue weighted by Gasteiger charge is 2.57. The van der Waals surface area contributed by atoms with Crippen molar-refractivity contribution in [3.8, 4) is 17.8 Å². The summed E-state index contributed by atoms with van der Waals surface area (Å²) >= 11 is 0. The first kappa shape index (κ1) is 25.0. The Morgan fingerprint density at radius 1 is 1.23 bits per heavy atom. The van der Waals surface area contributed by atoms with E-state index in [0.717, 1.165) is 68.6 Å². The van der Waals surface area contributed by atoms with Crippen LogP contribution in [0.25, 0.3) is 11.0 Å². The maximum absolute atomic E-state index is 13.2. The number of pyridine rings is 1. The van der Waals surface area contributed by atoms with Crippen molar-refractivity contribution in [1.29, 1.82) is 5.26 Å². The number of carbonyl (C=O) groups excluding carboxylic acids is 1. The Morgan fingerprint density at radius 3 is 2.75 bits per heavy atom. The minimum absolute atomic E-state index is 0.0281.